The SMILES string of the molecule is COc1ccc2ccnc(N(C)C(C)CBr)c2c1. The molecule has 0 amide bonds. The molecule has 18 heavy (non-hydrogen) atoms. The predicted octanol–water partition coefficient (Wildman–Crippen LogP) is 3.46. The van der Waals surface area contributed by atoms with Gasteiger partial charge in [-0.1, -0.05) is 22.0 Å². The number of hydrogen-bond acceptors (Lipinski definition) is 3. The smallest absolute Gasteiger partial charge is 0.136 e. The van der Waals surface area contributed by atoms with Crippen LogP contribution in [-0.4, -0.2) is 30.5 Å². The summed E-state index contributed by atoms with van der Waals surface area (Å²) < 4.78 is 5.29. The normalized spacial score (nSPS) is 12.4. The van der Waals surface area contributed by atoms with E-state index in [4.69, 9.17) is 4.74 Å². The van der Waals surface area contributed by atoms with E-state index in [2.05, 4.69) is 45.9 Å². The number of pyridine rings is 1. The summed E-state index contributed by atoms with van der Waals surface area (Å²) in [5.41, 5.74) is 0. The zero-order valence-electron chi connectivity index (χ0n) is 10.9. The van der Waals surface area contributed by atoms with Gasteiger partial charge in [-0.25, -0.2) is 4.98 Å². The number of benzene rings is 1. The summed E-state index contributed by atoms with van der Waals surface area (Å²) in [6.07, 6.45) is 1.85. The van der Waals surface area contributed by atoms with Crippen LogP contribution in [0, 0.1) is 0 Å². The highest BCUT2D eigenvalue weighted by molar-refractivity contribution is 9.09. The van der Waals surface area contributed by atoms with Crippen LogP contribution in [0.3, 0.4) is 0 Å². The number of anilines is 1. The highest BCUT2D eigenvalue weighted by atomic mass is 79.9. The van der Waals surface area contributed by atoms with E-state index in [1.807, 2.05) is 24.4 Å². The van der Waals surface area contributed by atoms with E-state index in [0.29, 0.717) is 6.04 Å². The van der Waals surface area contributed by atoms with Gasteiger partial charge in [-0.15, -0.1) is 0 Å². The fourth-order valence-electron chi connectivity index (χ4n) is 1.85. The second-order valence-electron chi connectivity index (χ2n) is 4.34. The molecule has 0 spiro atoms. The molecule has 2 rings (SSSR count). The summed E-state index contributed by atoms with van der Waals surface area (Å²) in [6, 6.07) is 8.47. The van der Waals surface area contributed by atoms with Crippen molar-refractivity contribution in [3.8, 4) is 5.75 Å². The maximum absolute atomic E-state index is 5.29. The molecule has 0 aliphatic carbocycles. The molecule has 0 saturated carbocycles. The van der Waals surface area contributed by atoms with E-state index in [0.717, 1.165) is 22.3 Å². The lowest BCUT2D eigenvalue weighted by atomic mass is 10.1. The van der Waals surface area contributed by atoms with E-state index in [9.17, 15) is 0 Å². The molecule has 96 valence electrons. The minimum absolute atomic E-state index is 0.384. The van der Waals surface area contributed by atoms with E-state index < -0.39 is 0 Å². The Balaban J connectivity index is 2.55. The zero-order chi connectivity index (χ0) is 13.1. The maximum atomic E-state index is 5.29. The maximum Gasteiger partial charge on any atom is 0.136 e. The molecule has 0 aliphatic heterocycles. The summed E-state index contributed by atoms with van der Waals surface area (Å²) >= 11 is 3.51. The van der Waals surface area contributed by atoms with Gasteiger partial charge in [-0.2, -0.15) is 0 Å². The van der Waals surface area contributed by atoms with Crippen molar-refractivity contribution >= 4 is 32.5 Å². The van der Waals surface area contributed by atoms with Crippen molar-refractivity contribution in [3.63, 3.8) is 0 Å². The van der Waals surface area contributed by atoms with Crippen LogP contribution >= 0.6 is 15.9 Å². The Hall–Kier alpha value is -1.29. The largest absolute Gasteiger partial charge is 0.497 e. The van der Waals surface area contributed by atoms with Crippen molar-refractivity contribution in [1.82, 2.24) is 4.98 Å². The fraction of sp³-hybridized carbons (Fsp3) is 0.357. The first-order valence-corrected chi connectivity index (χ1v) is 7.01. The number of aromatic nitrogens is 1. The number of hydrogen-bond donors (Lipinski definition) is 0. The highest BCUT2D eigenvalue weighted by Crippen LogP contribution is 2.28. The van der Waals surface area contributed by atoms with Crippen LogP contribution in [0.4, 0.5) is 5.82 Å². The van der Waals surface area contributed by atoms with Crippen LogP contribution in [-0.2, 0) is 0 Å². The molecule has 3 nitrogen and oxygen atoms in total. The van der Waals surface area contributed by atoms with Gasteiger partial charge in [0.2, 0.25) is 0 Å². The van der Waals surface area contributed by atoms with Crippen molar-refractivity contribution in [2.75, 3.05) is 24.4 Å². The lowest BCUT2D eigenvalue weighted by Crippen LogP contribution is -2.30. The summed E-state index contributed by atoms with van der Waals surface area (Å²) in [5, 5.41) is 3.20. The number of nitrogens with zero attached hydrogens (tertiary/aromatic N) is 2. The standard InChI is InChI=1S/C14H17BrN2O/c1-10(9-15)17(2)14-13-8-12(18-3)5-4-11(13)6-7-16-14/h4-8,10H,9H2,1-3H3. The minimum Gasteiger partial charge on any atom is -0.497 e. The first-order chi connectivity index (χ1) is 8.67. The number of alkyl halides is 1. The fourth-order valence-corrected chi connectivity index (χ4v) is 2.29. The number of halogens is 1. The Kier molecular flexibility index (Phi) is 4.07. The van der Waals surface area contributed by atoms with Crippen LogP contribution in [0.25, 0.3) is 10.8 Å². The average Bonchev–Trinajstić information content (AvgIpc) is 2.44. The van der Waals surface area contributed by atoms with Crippen LogP contribution in [0.5, 0.6) is 5.75 Å². The van der Waals surface area contributed by atoms with E-state index >= 15 is 0 Å². The molecule has 0 N–H and O–H groups in total. The molecule has 0 radical (unpaired) electrons. The summed E-state index contributed by atoms with van der Waals surface area (Å²) in [6.45, 7) is 2.16. The second kappa shape index (κ2) is 5.57. The summed E-state index contributed by atoms with van der Waals surface area (Å²) in [7, 11) is 3.75. The van der Waals surface area contributed by atoms with Crippen molar-refractivity contribution in [3.05, 3.63) is 30.5 Å². The van der Waals surface area contributed by atoms with E-state index in [-0.39, 0.29) is 0 Å². The third-order valence-corrected chi connectivity index (χ3v) is 4.11. The van der Waals surface area contributed by atoms with Crippen molar-refractivity contribution < 1.29 is 4.74 Å². The number of ether oxygens (including phenoxy) is 1. The van der Waals surface area contributed by atoms with E-state index in [1.165, 1.54) is 5.39 Å². The molecule has 2 aromatic rings. The van der Waals surface area contributed by atoms with Crippen LogP contribution in [0.1, 0.15) is 6.92 Å². The quantitative estimate of drug-likeness (QED) is 0.809. The van der Waals surface area contributed by atoms with Gasteiger partial charge in [0.15, 0.2) is 0 Å². The third kappa shape index (κ3) is 2.43. The third-order valence-electron chi connectivity index (χ3n) is 3.17. The van der Waals surface area contributed by atoms with Gasteiger partial charge in [-0.05, 0) is 30.5 Å². The lowest BCUT2D eigenvalue weighted by Gasteiger charge is -2.25. The molecular formula is C14H17BrN2O. The first-order valence-electron chi connectivity index (χ1n) is 5.89. The average molecular weight is 309 g/mol. The van der Waals surface area contributed by atoms with Gasteiger partial charge < -0.3 is 9.64 Å². The molecule has 0 bridgehead atoms. The Labute approximate surface area is 116 Å². The van der Waals surface area contributed by atoms with Crippen molar-refractivity contribution in [1.29, 1.82) is 0 Å². The number of rotatable bonds is 4. The Morgan fingerprint density at radius 1 is 1.39 bits per heavy atom. The molecule has 1 aromatic heterocycles. The highest BCUT2D eigenvalue weighted by Gasteiger charge is 2.13. The summed E-state index contributed by atoms with van der Waals surface area (Å²) in [4.78, 5) is 6.68. The number of methoxy groups -OCH3 is 1. The molecule has 1 aromatic carbocycles. The molecule has 4 heteroatoms. The minimum atomic E-state index is 0.384. The Morgan fingerprint density at radius 3 is 2.83 bits per heavy atom. The van der Waals surface area contributed by atoms with Gasteiger partial charge in [0.05, 0.1) is 7.11 Å². The Bertz CT molecular complexity index is 544. The van der Waals surface area contributed by atoms with Gasteiger partial charge >= 0.3 is 0 Å². The number of fused-ring (bicyclic) bond motifs is 1. The van der Waals surface area contributed by atoms with Crippen LogP contribution < -0.4 is 9.64 Å². The van der Waals surface area contributed by atoms with Gasteiger partial charge in [-0.3, -0.25) is 0 Å². The van der Waals surface area contributed by atoms with Gasteiger partial charge in [0.1, 0.15) is 11.6 Å². The second-order valence-corrected chi connectivity index (χ2v) is 4.98. The molecular weight excluding hydrogens is 292 g/mol. The molecule has 1 atom stereocenters. The monoisotopic (exact) mass is 308 g/mol. The first kappa shape index (κ1) is 13.1. The molecule has 0 fully saturated rings. The van der Waals surface area contributed by atoms with Gasteiger partial charge in [0, 0.05) is 30.0 Å². The van der Waals surface area contributed by atoms with Gasteiger partial charge in [0.25, 0.3) is 0 Å². The molecule has 1 heterocycles. The van der Waals surface area contributed by atoms with E-state index in [1.54, 1.807) is 7.11 Å². The predicted molar refractivity (Wildman–Crippen MR) is 80.0 cm³/mol. The topological polar surface area (TPSA) is 25.4 Å². The van der Waals surface area contributed by atoms with Crippen LogP contribution in [0.15, 0.2) is 30.5 Å². The summed E-state index contributed by atoms with van der Waals surface area (Å²) in [5.74, 6) is 1.84. The lowest BCUT2D eigenvalue weighted by molar-refractivity contribution is 0.415. The van der Waals surface area contributed by atoms with Crippen molar-refractivity contribution in [2.45, 2.75) is 13.0 Å². The van der Waals surface area contributed by atoms with Crippen molar-refractivity contribution in [2.24, 2.45) is 0 Å². The molecule has 0 saturated heterocycles. The molecule has 0 aliphatic rings. The molecule has 1 unspecified atom stereocenters. The zero-order valence-corrected chi connectivity index (χ0v) is 12.4. The van der Waals surface area contributed by atoms with Crippen LogP contribution in [0.2, 0.25) is 0 Å². The Morgan fingerprint density at radius 2 is 2.17 bits per heavy atom.